The minimum Gasteiger partial charge on any atom is -0.491 e. The Hall–Kier alpha value is -2.15. The van der Waals surface area contributed by atoms with Crippen molar-refractivity contribution in [1.29, 1.82) is 0 Å². The van der Waals surface area contributed by atoms with Gasteiger partial charge >= 0.3 is 0 Å². The third-order valence-electron chi connectivity index (χ3n) is 2.78. The van der Waals surface area contributed by atoms with Crippen LogP contribution in [0.1, 0.15) is 11.1 Å². The fraction of sp³-hybridized carbons (Fsp3) is 0.286. The van der Waals surface area contributed by atoms with Gasteiger partial charge in [-0.2, -0.15) is 0 Å². The van der Waals surface area contributed by atoms with Crippen LogP contribution in [0.3, 0.4) is 0 Å². The topological polar surface area (TPSA) is 81.2 Å². The summed E-state index contributed by atoms with van der Waals surface area (Å²) in [6.45, 7) is 0.519. The molecule has 0 saturated carbocycles. The molecule has 7 heteroatoms. The van der Waals surface area contributed by atoms with E-state index in [0.717, 1.165) is 11.1 Å². The van der Waals surface area contributed by atoms with Gasteiger partial charge in [0.15, 0.2) is 21.4 Å². The number of methoxy groups -OCH3 is 1. The highest BCUT2D eigenvalue weighted by Crippen LogP contribution is 2.19. The smallest absolute Gasteiger partial charge is 0.179 e. The molecule has 2 aromatic rings. The average Bonchev–Trinajstić information content (AvgIpc) is 2.44. The summed E-state index contributed by atoms with van der Waals surface area (Å²) < 4.78 is 27.8. The SMILES string of the molecule is COc1cncnc1NCc1cccc(CS(C)(=O)=O)c1. The van der Waals surface area contributed by atoms with Crippen molar-refractivity contribution in [2.24, 2.45) is 0 Å². The molecule has 2 rings (SSSR count). The first kappa shape index (κ1) is 15.2. The molecule has 0 amide bonds. The van der Waals surface area contributed by atoms with Crippen molar-refractivity contribution < 1.29 is 13.2 Å². The highest BCUT2D eigenvalue weighted by Gasteiger charge is 2.06. The molecule has 0 aliphatic carbocycles. The molecular weight excluding hydrogens is 290 g/mol. The molecule has 0 bridgehead atoms. The Balaban J connectivity index is 2.08. The van der Waals surface area contributed by atoms with Crippen molar-refractivity contribution >= 4 is 15.7 Å². The first-order valence-electron chi connectivity index (χ1n) is 6.31. The maximum absolute atomic E-state index is 11.3. The number of hydrogen-bond donors (Lipinski definition) is 1. The molecule has 21 heavy (non-hydrogen) atoms. The number of rotatable bonds is 6. The van der Waals surface area contributed by atoms with E-state index in [4.69, 9.17) is 4.74 Å². The summed E-state index contributed by atoms with van der Waals surface area (Å²) in [5.74, 6) is 1.20. The number of benzene rings is 1. The fourth-order valence-corrected chi connectivity index (χ4v) is 2.70. The van der Waals surface area contributed by atoms with Gasteiger partial charge < -0.3 is 10.1 Å². The van der Waals surface area contributed by atoms with Crippen LogP contribution in [0.15, 0.2) is 36.8 Å². The van der Waals surface area contributed by atoms with E-state index in [-0.39, 0.29) is 5.75 Å². The van der Waals surface area contributed by atoms with Crippen LogP contribution in [0, 0.1) is 0 Å². The van der Waals surface area contributed by atoms with Crippen molar-refractivity contribution in [3.05, 3.63) is 47.9 Å². The summed E-state index contributed by atoms with van der Waals surface area (Å²) in [6.07, 6.45) is 4.24. The van der Waals surface area contributed by atoms with Crippen molar-refractivity contribution in [3.8, 4) is 5.75 Å². The van der Waals surface area contributed by atoms with Gasteiger partial charge in [0.1, 0.15) is 6.33 Å². The Bertz CT molecular complexity index is 717. The van der Waals surface area contributed by atoms with E-state index in [0.29, 0.717) is 18.1 Å². The van der Waals surface area contributed by atoms with Crippen LogP contribution in [-0.2, 0) is 22.1 Å². The number of hydrogen-bond acceptors (Lipinski definition) is 6. The van der Waals surface area contributed by atoms with E-state index in [9.17, 15) is 8.42 Å². The van der Waals surface area contributed by atoms with Gasteiger partial charge in [0.2, 0.25) is 0 Å². The minimum atomic E-state index is -3.03. The van der Waals surface area contributed by atoms with Crippen molar-refractivity contribution in [2.75, 3.05) is 18.7 Å². The summed E-state index contributed by atoms with van der Waals surface area (Å²) >= 11 is 0. The monoisotopic (exact) mass is 307 g/mol. The van der Waals surface area contributed by atoms with E-state index < -0.39 is 9.84 Å². The minimum absolute atomic E-state index is 0.0394. The maximum Gasteiger partial charge on any atom is 0.179 e. The summed E-state index contributed by atoms with van der Waals surface area (Å²) in [6, 6.07) is 7.43. The molecule has 1 aromatic carbocycles. The zero-order valence-electron chi connectivity index (χ0n) is 11.9. The number of ether oxygens (including phenoxy) is 1. The Morgan fingerprint density at radius 1 is 1.29 bits per heavy atom. The number of nitrogens with zero attached hydrogens (tertiary/aromatic N) is 2. The quantitative estimate of drug-likeness (QED) is 0.874. The van der Waals surface area contributed by atoms with E-state index in [1.807, 2.05) is 18.2 Å². The molecular formula is C14H17N3O3S. The van der Waals surface area contributed by atoms with Gasteiger partial charge in [0, 0.05) is 12.8 Å². The summed E-state index contributed by atoms with van der Waals surface area (Å²) in [7, 11) is -1.48. The summed E-state index contributed by atoms with van der Waals surface area (Å²) in [4.78, 5) is 7.99. The summed E-state index contributed by atoms with van der Waals surface area (Å²) in [5.41, 5.74) is 1.74. The number of nitrogens with one attached hydrogen (secondary N) is 1. The van der Waals surface area contributed by atoms with Crippen molar-refractivity contribution in [3.63, 3.8) is 0 Å². The highest BCUT2D eigenvalue weighted by atomic mass is 32.2. The molecule has 0 aliphatic rings. The van der Waals surface area contributed by atoms with E-state index >= 15 is 0 Å². The van der Waals surface area contributed by atoms with Crippen LogP contribution in [-0.4, -0.2) is 31.8 Å². The molecule has 0 radical (unpaired) electrons. The van der Waals surface area contributed by atoms with Crippen molar-refractivity contribution in [2.45, 2.75) is 12.3 Å². The second-order valence-corrected chi connectivity index (χ2v) is 6.82. The van der Waals surface area contributed by atoms with Crippen LogP contribution < -0.4 is 10.1 Å². The first-order chi connectivity index (χ1) is 9.98. The van der Waals surface area contributed by atoms with Gasteiger partial charge in [0.25, 0.3) is 0 Å². The number of anilines is 1. The lowest BCUT2D eigenvalue weighted by molar-refractivity contribution is 0.412. The third-order valence-corrected chi connectivity index (χ3v) is 3.64. The summed E-state index contributed by atoms with van der Waals surface area (Å²) in [5, 5.41) is 3.14. The largest absolute Gasteiger partial charge is 0.491 e. The molecule has 0 fully saturated rings. The van der Waals surface area contributed by atoms with Gasteiger partial charge in [0.05, 0.1) is 19.1 Å². The third kappa shape index (κ3) is 4.71. The predicted octanol–water partition coefficient (Wildman–Crippen LogP) is 1.64. The number of aromatic nitrogens is 2. The van der Waals surface area contributed by atoms with Gasteiger partial charge in [-0.1, -0.05) is 24.3 Å². The van der Waals surface area contributed by atoms with E-state index in [1.165, 1.54) is 12.6 Å². The van der Waals surface area contributed by atoms with Gasteiger partial charge in [-0.05, 0) is 11.1 Å². The van der Waals surface area contributed by atoms with Gasteiger partial charge in [-0.15, -0.1) is 0 Å². The van der Waals surface area contributed by atoms with Crippen LogP contribution in [0.2, 0.25) is 0 Å². The fourth-order valence-electron chi connectivity index (χ4n) is 1.92. The van der Waals surface area contributed by atoms with Gasteiger partial charge in [-0.25, -0.2) is 18.4 Å². The van der Waals surface area contributed by atoms with Crippen LogP contribution >= 0.6 is 0 Å². The van der Waals surface area contributed by atoms with Gasteiger partial charge in [-0.3, -0.25) is 0 Å². The molecule has 112 valence electrons. The Morgan fingerprint density at radius 3 is 2.76 bits per heavy atom. The van der Waals surface area contributed by atoms with Crippen LogP contribution in [0.25, 0.3) is 0 Å². The molecule has 0 spiro atoms. The van der Waals surface area contributed by atoms with E-state index in [1.54, 1.807) is 19.4 Å². The normalized spacial score (nSPS) is 11.1. The zero-order valence-corrected chi connectivity index (χ0v) is 12.7. The van der Waals surface area contributed by atoms with Crippen molar-refractivity contribution in [1.82, 2.24) is 9.97 Å². The molecule has 1 heterocycles. The molecule has 0 aliphatic heterocycles. The Kier molecular flexibility index (Phi) is 4.74. The average molecular weight is 307 g/mol. The standard InChI is InChI=1S/C14H17N3O3S/c1-20-13-8-15-10-17-14(13)16-7-11-4-3-5-12(6-11)9-21(2,18)19/h3-6,8,10H,7,9H2,1-2H3,(H,15,16,17). The lowest BCUT2D eigenvalue weighted by Gasteiger charge is -2.10. The maximum atomic E-state index is 11.3. The van der Waals surface area contributed by atoms with E-state index in [2.05, 4.69) is 15.3 Å². The Labute approximate surface area is 124 Å². The lowest BCUT2D eigenvalue weighted by atomic mass is 10.1. The molecule has 0 saturated heterocycles. The molecule has 6 nitrogen and oxygen atoms in total. The predicted molar refractivity (Wildman–Crippen MR) is 80.9 cm³/mol. The second-order valence-electron chi connectivity index (χ2n) is 4.68. The second kappa shape index (κ2) is 6.53. The molecule has 1 N–H and O–H groups in total. The molecule has 1 aromatic heterocycles. The number of sulfone groups is 1. The highest BCUT2D eigenvalue weighted by molar-refractivity contribution is 7.89. The Morgan fingerprint density at radius 2 is 2.05 bits per heavy atom. The van der Waals surface area contributed by atoms with Crippen LogP contribution in [0.4, 0.5) is 5.82 Å². The van der Waals surface area contributed by atoms with Crippen LogP contribution in [0.5, 0.6) is 5.75 Å². The first-order valence-corrected chi connectivity index (χ1v) is 8.37. The zero-order chi connectivity index (χ0) is 15.3. The molecule has 0 atom stereocenters. The lowest BCUT2D eigenvalue weighted by Crippen LogP contribution is -2.05. The molecule has 0 unspecified atom stereocenters.